The first-order chi connectivity index (χ1) is 10.0. The van der Waals surface area contributed by atoms with Gasteiger partial charge in [0.2, 0.25) is 0 Å². The molecule has 4 heteroatoms. The van der Waals surface area contributed by atoms with Crippen LogP contribution in [-0.4, -0.2) is 30.2 Å². The fourth-order valence-electron chi connectivity index (χ4n) is 2.08. The number of aromatic nitrogens is 1. The van der Waals surface area contributed by atoms with Crippen LogP contribution in [0.15, 0.2) is 34.9 Å². The number of hydrogen-bond acceptors (Lipinski definition) is 3. The first kappa shape index (κ1) is 16.1. The predicted molar refractivity (Wildman–Crippen MR) is 87.6 cm³/mol. The zero-order valence-corrected chi connectivity index (χ0v) is 13.7. The zero-order chi connectivity index (χ0) is 15.2. The molecule has 0 aliphatic carbocycles. The summed E-state index contributed by atoms with van der Waals surface area (Å²) in [6, 6.07) is 9.66. The molecule has 0 bridgehead atoms. The van der Waals surface area contributed by atoms with Gasteiger partial charge in [-0.15, -0.1) is 0 Å². The van der Waals surface area contributed by atoms with Gasteiger partial charge >= 0.3 is 0 Å². The molecule has 3 nitrogen and oxygen atoms in total. The quantitative estimate of drug-likeness (QED) is 0.753. The second-order valence-electron chi connectivity index (χ2n) is 5.92. The Morgan fingerprint density at radius 3 is 2.57 bits per heavy atom. The minimum atomic E-state index is 0.731. The lowest BCUT2D eigenvalue weighted by Gasteiger charge is -2.16. The van der Waals surface area contributed by atoms with Crippen LogP contribution in [0.2, 0.25) is 5.02 Å². The van der Waals surface area contributed by atoms with Crippen LogP contribution in [0.5, 0.6) is 0 Å². The number of hydrogen-bond donors (Lipinski definition) is 0. The normalized spacial score (nSPS) is 11.5. The second-order valence-corrected chi connectivity index (χ2v) is 6.36. The Morgan fingerprint density at radius 1 is 1.19 bits per heavy atom. The fraction of sp³-hybridized carbons (Fsp3) is 0.471. The van der Waals surface area contributed by atoms with Crippen LogP contribution in [0.1, 0.15) is 26.0 Å². The smallest absolute Gasteiger partial charge is 0.138 e. The Balaban J connectivity index is 1.87. The molecule has 0 aliphatic heterocycles. The summed E-state index contributed by atoms with van der Waals surface area (Å²) in [6.07, 6.45) is 2.11. The number of halogens is 1. The van der Waals surface area contributed by atoms with Crippen molar-refractivity contribution in [2.24, 2.45) is 5.92 Å². The molecule has 2 rings (SSSR count). The van der Waals surface area contributed by atoms with Crippen LogP contribution >= 0.6 is 11.6 Å². The van der Waals surface area contributed by atoms with E-state index in [1.807, 2.05) is 30.3 Å². The highest BCUT2D eigenvalue weighted by atomic mass is 35.5. The number of benzene rings is 1. The Labute approximate surface area is 131 Å². The third kappa shape index (κ3) is 5.18. The largest absolute Gasteiger partial charge is 0.361 e. The monoisotopic (exact) mass is 306 g/mol. The SMILES string of the molecule is CC(C)CCN(C)CCc1cc(-c2ccc(Cl)cc2)no1. The minimum absolute atomic E-state index is 0.731. The summed E-state index contributed by atoms with van der Waals surface area (Å²) in [5, 5.41) is 4.86. The number of likely N-dealkylation sites (N-methyl/N-ethyl adjacent to an activating group) is 1. The molecule has 21 heavy (non-hydrogen) atoms. The summed E-state index contributed by atoms with van der Waals surface area (Å²) in [4.78, 5) is 2.34. The van der Waals surface area contributed by atoms with E-state index < -0.39 is 0 Å². The van der Waals surface area contributed by atoms with Crippen LogP contribution in [0.4, 0.5) is 0 Å². The lowest BCUT2D eigenvalue weighted by atomic mass is 10.1. The first-order valence-corrected chi connectivity index (χ1v) is 7.82. The van der Waals surface area contributed by atoms with Crippen molar-refractivity contribution in [1.82, 2.24) is 10.1 Å². The average molecular weight is 307 g/mol. The molecule has 1 aromatic carbocycles. The van der Waals surface area contributed by atoms with Crippen molar-refractivity contribution in [3.63, 3.8) is 0 Å². The van der Waals surface area contributed by atoms with E-state index >= 15 is 0 Å². The van der Waals surface area contributed by atoms with Gasteiger partial charge in [0, 0.05) is 29.6 Å². The molecule has 0 saturated heterocycles. The standard InChI is InChI=1S/C17H23ClN2O/c1-13(2)8-10-20(3)11-9-16-12-17(19-21-16)14-4-6-15(18)7-5-14/h4-7,12-13H,8-11H2,1-3H3. The maximum Gasteiger partial charge on any atom is 0.138 e. The van der Waals surface area contributed by atoms with Crippen molar-refractivity contribution < 1.29 is 4.52 Å². The zero-order valence-electron chi connectivity index (χ0n) is 13.0. The van der Waals surface area contributed by atoms with E-state index in [1.165, 1.54) is 6.42 Å². The fourth-order valence-corrected chi connectivity index (χ4v) is 2.20. The molecule has 0 aliphatic rings. The molecule has 0 unspecified atom stereocenters. The van der Waals surface area contributed by atoms with E-state index in [0.717, 1.165) is 47.5 Å². The van der Waals surface area contributed by atoms with E-state index in [0.29, 0.717) is 0 Å². The van der Waals surface area contributed by atoms with Crippen molar-refractivity contribution >= 4 is 11.6 Å². The molecule has 1 aromatic heterocycles. The van der Waals surface area contributed by atoms with Gasteiger partial charge in [-0.25, -0.2) is 0 Å². The van der Waals surface area contributed by atoms with Gasteiger partial charge < -0.3 is 9.42 Å². The third-order valence-corrected chi connectivity index (χ3v) is 3.78. The molecule has 114 valence electrons. The maximum atomic E-state index is 5.89. The summed E-state index contributed by atoms with van der Waals surface area (Å²) in [7, 11) is 2.15. The molecule has 2 aromatic rings. The van der Waals surface area contributed by atoms with Crippen molar-refractivity contribution in [3.8, 4) is 11.3 Å². The first-order valence-electron chi connectivity index (χ1n) is 7.44. The van der Waals surface area contributed by atoms with E-state index in [-0.39, 0.29) is 0 Å². The Morgan fingerprint density at radius 2 is 1.90 bits per heavy atom. The highest BCUT2D eigenvalue weighted by Gasteiger charge is 2.08. The number of nitrogens with zero attached hydrogens (tertiary/aromatic N) is 2. The molecule has 0 radical (unpaired) electrons. The summed E-state index contributed by atoms with van der Waals surface area (Å²) in [6.45, 7) is 6.61. The Bertz CT molecular complexity index is 548. The minimum Gasteiger partial charge on any atom is -0.361 e. The molecule has 0 amide bonds. The van der Waals surface area contributed by atoms with Crippen molar-refractivity contribution in [1.29, 1.82) is 0 Å². The molecule has 0 atom stereocenters. The summed E-state index contributed by atoms with van der Waals surface area (Å²) in [5.41, 5.74) is 1.90. The molecular weight excluding hydrogens is 284 g/mol. The molecule has 0 N–H and O–H groups in total. The van der Waals surface area contributed by atoms with Gasteiger partial charge in [-0.05, 0) is 38.1 Å². The summed E-state index contributed by atoms with van der Waals surface area (Å²) in [5.74, 6) is 1.67. The van der Waals surface area contributed by atoms with Crippen LogP contribution < -0.4 is 0 Å². The van der Waals surface area contributed by atoms with Crippen molar-refractivity contribution in [3.05, 3.63) is 41.1 Å². The van der Waals surface area contributed by atoms with Gasteiger partial charge in [-0.1, -0.05) is 42.7 Å². The highest BCUT2D eigenvalue weighted by Crippen LogP contribution is 2.21. The lowest BCUT2D eigenvalue weighted by molar-refractivity contribution is 0.296. The van der Waals surface area contributed by atoms with Crippen LogP contribution in [0.3, 0.4) is 0 Å². The van der Waals surface area contributed by atoms with E-state index in [9.17, 15) is 0 Å². The predicted octanol–water partition coefficient (Wildman–Crippen LogP) is 4.52. The van der Waals surface area contributed by atoms with Gasteiger partial charge in [-0.3, -0.25) is 0 Å². The van der Waals surface area contributed by atoms with Crippen LogP contribution in [0.25, 0.3) is 11.3 Å². The molecule has 0 saturated carbocycles. The highest BCUT2D eigenvalue weighted by molar-refractivity contribution is 6.30. The van der Waals surface area contributed by atoms with Crippen LogP contribution in [-0.2, 0) is 6.42 Å². The molecule has 1 heterocycles. The Kier molecular flexibility index (Phi) is 5.83. The third-order valence-electron chi connectivity index (χ3n) is 3.53. The van der Waals surface area contributed by atoms with Gasteiger partial charge in [-0.2, -0.15) is 0 Å². The summed E-state index contributed by atoms with van der Waals surface area (Å²) < 4.78 is 5.42. The van der Waals surface area contributed by atoms with E-state index in [1.54, 1.807) is 0 Å². The topological polar surface area (TPSA) is 29.3 Å². The van der Waals surface area contributed by atoms with E-state index in [2.05, 4.69) is 31.0 Å². The second kappa shape index (κ2) is 7.62. The lowest BCUT2D eigenvalue weighted by Crippen LogP contribution is -2.23. The molecule has 0 fully saturated rings. The van der Waals surface area contributed by atoms with Crippen LogP contribution in [0, 0.1) is 5.92 Å². The average Bonchev–Trinajstić information content (AvgIpc) is 2.92. The summed E-state index contributed by atoms with van der Waals surface area (Å²) >= 11 is 5.89. The maximum absolute atomic E-state index is 5.89. The van der Waals surface area contributed by atoms with Gasteiger partial charge in [0.25, 0.3) is 0 Å². The molecule has 0 spiro atoms. The van der Waals surface area contributed by atoms with Crippen molar-refractivity contribution in [2.45, 2.75) is 26.7 Å². The number of rotatable bonds is 7. The van der Waals surface area contributed by atoms with Gasteiger partial charge in [0.15, 0.2) is 0 Å². The van der Waals surface area contributed by atoms with Gasteiger partial charge in [0.05, 0.1) is 0 Å². The van der Waals surface area contributed by atoms with Crippen molar-refractivity contribution in [2.75, 3.05) is 20.1 Å². The molecular formula is C17H23ClN2O. The van der Waals surface area contributed by atoms with E-state index in [4.69, 9.17) is 16.1 Å². The Hall–Kier alpha value is -1.32. The van der Waals surface area contributed by atoms with Gasteiger partial charge in [0.1, 0.15) is 11.5 Å².